The lowest BCUT2D eigenvalue weighted by Crippen LogP contribution is -2.43. The Bertz CT molecular complexity index is 467. The second-order valence-electron chi connectivity index (χ2n) is 5.09. The number of rotatable bonds is 2. The fraction of sp³-hybridized carbons (Fsp3) is 0.500. The van der Waals surface area contributed by atoms with Gasteiger partial charge in [-0.05, 0) is 49.2 Å². The number of hydrogen-bond donors (Lipinski definition) is 2. The first-order chi connectivity index (χ1) is 9.06. The van der Waals surface area contributed by atoms with Crippen LogP contribution in [0.3, 0.4) is 0 Å². The molecule has 0 aromatic heterocycles. The zero-order valence-electron chi connectivity index (χ0n) is 10.9. The molecule has 1 aromatic carbocycles. The molecule has 1 aliphatic carbocycles. The van der Waals surface area contributed by atoms with Crippen molar-refractivity contribution in [3.8, 4) is 0 Å². The van der Waals surface area contributed by atoms with Crippen molar-refractivity contribution < 1.29 is 4.39 Å². The van der Waals surface area contributed by atoms with Crippen molar-refractivity contribution in [1.82, 2.24) is 5.32 Å². The molecule has 0 heterocycles. The summed E-state index contributed by atoms with van der Waals surface area (Å²) >= 11 is 11.0. The molecular weight excluding hydrogens is 283 g/mol. The molecule has 104 valence electrons. The number of nitrogens with one attached hydrogen (secondary N) is 2. The smallest absolute Gasteiger partial charge is 0.171 e. The Morgan fingerprint density at radius 2 is 2.11 bits per heavy atom. The summed E-state index contributed by atoms with van der Waals surface area (Å²) in [5.74, 6) is 0.205. The fourth-order valence-electron chi connectivity index (χ4n) is 2.45. The van der Waals surface area contributed by atoms with Crippen LogP contribution in [0.2, 0.25) is 5.02 Å². The molecule has 0 radical (unpaired) electrons. The van der Waals surface area contributed by atoms with Crippen LogP contribution in [0.1, 0.15) is 32.6 Å². The number of benzene rings is 1. The van der Waals surface area contributed by atoms with E-state index in [1.165, 1.54) is 25.3 Å². The van der Waals surface area contributed by atoms with Crippen LogP contribution in [0, 0.1) is 11.7 Å². The Balaban J connectivity index is 1.93. The summed E-state index contributed by atoms with van der Waals surface area (Å²) in [4.78, 5) is 0. The molecule has 0 amide bonds. The highest BCUT2D eigenvalue weighted by atomic mass is 35.5. The monoisotopic (exact) mass is 300 g/mol. The molecule has 2 atom stereocenters. The van der Waals surface area contributed by atoms with Gasteiger partial charge < -0.3 is 10.6 Å². The van der Waals surface area contributed by atoms with Gasteiger partial charge in [0.05, 0.1) is 5.69 Å². The summed E-state index contributed by atoms with van der Waals surface area (Å²) in [6.07, 6.45) is 4.84. The first-order valence-corrected chi connectivity index (χ1v) is 7.37. The third-order valence-corrected chi connectivity index (χ3v) is 4.06. The summed E-state index contributed by atoms with van der Waals surface area (Å²) in [7, 11) is 0. The van der Waals surface area contributed by atoms with Crippen molar-refractivity contribution >= 4 is 34.6 Å². The van der Waals surface area contributed by atoms with Crippen molar-refractivity contribution in [3.63, 3.8) is 0 Å². The Morgan fingerprint density at radius 1 is 1.37 bits per heavy atom. The first kappa shape index (κ1) is 14.5. The highest BCUT2D eigenvalue weighted by molar-refractivity contribution is 7.80. The van der Waals surface area contributed by atoms with Crippen LogP contribution in [0.4, 0.5) is 10.1 Å². The Morgan fingerprint density at radius 3 is 2.79 bits per heavy atom. The van der Waals surface area contributed by atoms with Crippen molar-refractivity contribution in [2.24, 2.45) is 5.92 Å². The van der Waals surface area contributed by atoms with Gasteiger partial charge >= 0.3 is 0 Å². The molecule has 19 heavy (non-hydrogen) atoms. The van der Waals surface area contributed by atoms with E-state index in [0.717, 1.165) is 6.42 Å². The Hall–Kier alpha value is -0.870. The van der Waals surface area contributed by atoms with Crippen LogP contribution in [0.5, 0.6) is 0 Å². The molecule has 0 bridgehead atoms. The summed E-state index contributed by atoms with van der Waals surface area (Å²) in [5, 5.41) is 7.02. The van der Waals surface area contributed by atoms with E-state index >= 15 is 0 Å². The second kappa shape index (κ2) is 6.53. The molecule has 0 saturated heterocycles. The third kappa shape index (κ3) is 4.05. The summed E-state index contributed by atoms with van der Waals surface area (Å²) < 4.78 is 13.6. The van der Waals surface area contributed by atoms with Gasteiger partial charge in [0.25, 0.3) is 0 Å². The fourth-order valence-corrected chi connectivity index (χ4v) is 2.87. The van der Waals surface area contributed by atoms with Crippen LogP contribution in [-0.4, -0.2) is 11.2 Å². The zero-order valence-corrected chi connectivity index (χ0v) is 12.5. The van der Waals surface area contributed by atoms with Crippen LogP contribution in [0.15, 0.2) is 18.2 Å². The highest BCUT2D eigenvalue weighted by Gasteiger charge is 2.21. The van der Waals surface area contributed by atoms with E-state index in [1.807, 2.05) is 0 Å². The van der Waals surface area contributed by atoms with Gasteiger partial charge in [-0.2, -0.15) is 0 Å². The second-order valence-corrected chi connectivity index (χ2v) is 5.94. The lowest BCUT2D eigenvalue weighted by atomic mass is 9.86. The molecule has 1 aromatic rings. The first-order valence-electron chi connectivity index (χ1n) is 6.59. The van der Waals surface area contributed by atoms with E-state index < -0.39 is 5.82 Å². The van der Waals surface area contributed by atoms with Crippen molar-refractivity contribution in [2.75, 3.05) is 5.32 Å². The maximum Gasteiger partial charge on any atom is 0.171 e. The van der Waals surface area contributed by atoms with Gasteiger partial charge in [-0.1, -0.05) is 31.4 Å². The third-order valence-electron chi connectivity index (χ3n) is 3.61. The molecule has 2 N–H and O–H groups in total. The molecule has 2 rings (SSSR count). The van der Waals surface area contributed by atoms with E-state index in [9.17, 15) is 4.39 Å². The number of hydrogen-bond acceptors (Lipinski definition) is 1. The number of halogens is 2. The minimum Gasteiger partial charge on any atom is -0.359 e. The molecule has 0 aliphatic heterocycles. The van der Waals surface area contributed by atoms with Gasteiger partial charge in [0, 0.05) is 11.1 Å². The molecular formula is C14H18ClFN2S. The molecule has 1 fully saturated rings. The summed E-state index contributed by atoms with van der Waals surface area (Å²) in [6.45, 7) is 2.22. The molecule has 5 heteroatoms. The van der Waals surface area contributed by atoms with Gasteiger partial charge in [0.1, 0.15) is 5.82 Å². The topological polar surface area (TPSA) is 24.1 Å². The minimum absolute atomic E-state index is 0.352. The summed E-state index contributed by atoms with van der Waals surface area (Å²) in [5.41, 5.74) is 0.352. The number of anilines is 1. The molecule has 2 nitrogen and oxygen atoms in total. The molecule has 1 aliphatic rings. The van der Waals surface area contributed by atoms with E-state index in [0.29, 0.717) is 27.8 Å². The van der Waals surface area contributed by atoms with Crippen LogP contribution in [-0.2, 0) is 0 Å². The van der Waals surface area contributed by atoms with E-state index in [-0.39, 0.29) is 0 Å². The molecule has 0 unspecified atom stereocenters. The average molecular weight is 301 g/mol. The van der Waals surface area contributed by atoms with Crippen molar-refractivity contribution in [3.05, 3.63) is 29.0 Å². The van der Waals surface area contributed by atoms with Gasteiger partial charge in [-0.25, -0.2) is 4.39 Å². The van der Waals surface area contributed by atoms with E-state index in [1.54, 1.807) is 12.1 Å². The van der Waals surface area contributed by atoms with Gasteiger partial charge in [-0.3, -0.25) is 0 Å². The largest absolute Gasteiger partial charge is 0.359 e. The predicted molar refractivity (Wildman–Crippen MR) is 82.2 cm³/mol. The van der Waals surface area contributed by atoms with Crippen LogP contribution < -0.4 is 10.6 Å². The Labute approximate surface area is 123 Å². The average Bonchev–Trinajstić information content (AvgIpc) is 2.36. The maximum atomic E-state index is 13.6. The zero-order chi connectivity index (χ0) is 13.8. The van der Waals surface area contributed by atoms with Crippen molar-refractivity contribution in [2.45, 2.75) is 38.6 Å². The summed E-state index contributed by atoms with van der Waals surface area (Å²) in [6, 6.07) is 4.88. The minimum atomic E-state index is -0.395. The lowest BCUT2D eigenvalue weighted by Gasteiger charge is -2.30. The predicted octanol–water partition coefficient (Wildman–Crippen LogP) is 4.34. The normalized spacial score (nSPS) is 22.9. The SMILES string of the molecule is C[C@H]1CCCC[C@@H]1NC(=S)Nc1ccc(Cl)cc1F. The van der Waals surface area contributed by atoms with E-state index in [2.05, 4.69) is 17.6 Å². The van der Waals surface area contributed by atoms with Crippen LogP contribution >= 0.6 is 23.8 Å². The van der Waals surface area contributed by atoms with Gasteiger partial charge in [0.2, 0.25) is 0 Å². The maximum absolute atomic E-state index is 13.6. The van der Waals surface area contributed by atoms with E-state index in [4.69, 9.17) is 23.8 Å². The number of thiocarbonyl (C=S) groups is 1. The quantitative estimate of drug-likeness (QED) is 0.794. The van der Waals surface area contributed by atoms with Gasteiger partial charge in [0.15, 0.2) is 5.11 Å². The van der Waals surface area contributed by atoms with Crippen LogP contribution in [0.25, 0.3) is 0 Å². The highest BCUT2D eigenvalue weighted by Crippen LogP contribution is 2.24. The van der Waals surface area contributed by atoms with Gasteiger partial charge in [-0.15, -0.1) is 0 Å². The molecule has 0 spiro atoms. The molecule has 1 saturated carbocycles. The van der Waals surface area contributed by atoms with Crippen molar-refractivity contribution in [1.29, 1.82) is 0 Å². The Kier molecular flexibility index (Phi) is 4.99. The standard InChI is InChI=1S/C14H18ClFN2S/c1-9-4-2-3-5-12(9)17-14(19)18-13-7-6-10(15)8-11(13)16/h6-9,12H,2-5H2,1H3,(H2,17,18,19)/t9-,12-/m0/s1. The lowest BCUT2D eigenvalue weighted by molar-refractivity contribution is 0.309.